The number of allylic oxidation sites excluding steroid dienone is 1. The number of epoxide rings is 1. The van der Waals surface area contributed by atoms with Gasteiger partial charge in [-0.2, -0.15) is 0 Å². The van der Waals surface area contributed by atoms with Crippen LogP contribution in [0.3, 0.4) is 0 Å². The van der Waals surface area contributed by atoms with Crippen molar-refractivity contribution in [1.29, 1.82) is 0 Å². The molecule has 4 nitrogen and oxygen atoms in total. The monoisotopic (exact) mass is 266 g/mol. The van der Waals surface area contributed by atoms with Crippen LogP contribution in [0.4, 0.5) is 0 Å². The summed E-state index contributed by atoms with van der Waals surface area (Å²) >= 11 is 0. The van der Waals surface area contributed by atoms with E-state index >= 15 is 0 Å². The largest absolute Gasteiger partial charge is 0.459 e. The van der Waals surface area contributed by atoms with E-state index in [2.05, 4.69) is 0 Å². The van der Waals surface area contributed by atoms with E-state index in [1.54, 1.807) is 0 Å². The number of aliphatic hydroxyl groups excluding tert-OH is 1. The van der Waals surface area contributed by atoms with Crippen molar-refractivity contribution in [2.45, 2.75) is 63.9 Å². The maximum atomic E-state index is 11.8. The lowest BCUT2D eigenvalue weighted by atomic mass is 9.81. The first-order valence-electron chi connectivity index (χ1n) is 7.14. The zero-order valence-electron chi connectivity index (χ0n) is 11.8. The van der Waals surface area contributed by atoms with Crippen molar-refractivity contribution in [3.8, 4) is 0 Å². The number of esters is 1. The second-order valence-corrected chi connectivity index (χ2v) is 6.53. The fourth-order valence-corrected chi connectivity index (χ4v) is 3.60. The molecule has 3 rings (SSSR count). The Bertz CT molecular complexity index is 430. The molecule has 19 heavy (non-hydrogen) atoms. The summed E-state index contributed by atoms with van der Waals surface area (Å²) in [5.41, 5.74) is 0.835. The third-order valence-electron chi connectivity index (χ3n) is 4.89. The number of carbonyl (C=O) groups excluding carboxylic acids is 1. The minimum Gasteiger partial charge on any atom is -0.459 e. The van der Waals surface area contributed by atoms with Gasteiger partial charge in [0, 0.05) is 12.3 Å². The highest BCUT2D eigenvalue weighted by Gasteiger charge is 2.62. The topological polar surface area (TPSA) is 59.1 Å². The van der Waals surface area contributed by atoms with Crippen molar-refractivity contribution in [3.05, 3.63) is 11.6 Å². The SMILES string of the molecule is C/C1=C\[C@@H](O)C[C@@]2(C)O[C@H]2[C@H]2OC(=O)[C@@H](C)[C@H]2CC1. The third-order valence-corrected chi connectivity index (χ3v) is 4.89. The number of aliphatic hydroxyl groups is 1. The highest BCUT2D eigenvalue weighted by atomic mass is 16.6. The molecule has 0 spiro atoms. The minimum absolute atomic E-state index is 0.0457. The van der Waals surface area contributed by atoms with Crippen LogP contribution in [-0.4, -0.2) is 35.0 Å². The molecule has 2 heterocycles. The molecule has 4 heteroatoms. The first kappa shape index (κ1) is 13.1. The van der Waals surface area contributed by atoms with Gasteiger partial charge in [-0.1, -0.05) is 18.6 Å². The van der Waals surface area contributed by atoms with Crippen LogP contribution >= 0.6 is 0 Å². The number of rotatable bonds is 0. The lowest BCUT2D eigenvalue weighted by molar-refractivity contribution is -0.144. The predicted octanol–water partition coefficient (Wildman–Crippen LogP) is 1.81. The number of ether oxygens (including phenoxy) is 2. The second kappa shape index (κ2) is 4.32. The lowest BCUT2D eigenvalue weighted by Gasteiger charge is -2.21. The van der Waals surface area contributed by atoms with Gasteiger partial charge in [-0.25, -0.2) is 0 Å². The molecular formula is C15H22O4. The summed E-state index contributed by atoms with van der Waals surface area (Å²) in [5.74, 6) is 0.0859. The summed E-state index contributed by atoms with van der Waals surface area (Å²) in [5, 5.41) is 10.0. The van der Waals surface area contributed by atoms with Gasteiger partial charge in [0.05, 0.1) is 17.6 Å². The van der Waals surface area contributed by atoms with Gasteiger partial charge in [-0.15, -0.1) is 0 Å². The average Bonchev–Trinajstić information content (AvgIpc) is 2.88. The molecule has 0 bridgehead atoms. The van der Waals surface area contributed by atoms with Gasteiger partial charge in [0.1, 0.15) is 12.2 Å². The second-order valence-electron chi connectivity index (χ2n) is 6.53. The Labute approximate surface area is 113 Å². The number of fused-ring (bicyclic) bond motifs is 3. The van der Waals surface area contributed by atoms with E-state index in [1.165, 1.54) is 5.57 Å². The van der Waals surface area contributed by atoms with Crippen molar-refractivity contribution in [3.63, 3.8) is 0 Å². The zero-order chi connectivity index (χ0) is 13.8. The standard InChI is InChI=1S/C15H22O4/c1-8-4-5-11-9(2)14(17)18-12(11)13-15(3,19-13)7-10(16)6-8/h6,9-13,16H,4-5,7H2,1-3H3/b8-6+/t9-,10+,11+,12-,13-,15+/m0/s1. The molecule has 0 radical (unpaired) electrons. The van der Waals surface area contributed by atoms with E-state index in [0.717, 1.165) is 12.8 Å². The number of hydrogen-bond donors (Lipinski definition) is 1. The van der Waals surface area contributed by atoms with Crippen molar-refractivity contribution in [2.75, 3.05) is 0 Å². The summed E-state index contributed by atoms with van der Waals surface area (Å²) in [6.45, 7) is 5.99. The molecule has 3 aliphatic rings. The van der Waals surface area contributed by atoms with Gasteiger partial charge in [-0.05, 0) is 26.7 Å². The molecule has 0 aromatic rings. The van der Waals surface area contributed by atoms with Crippen LogP contribution in [-0.2, 0) is 14.3 Å². The van der Waals surface area contributed by atoms with E-state index in [9.17, 15) is 9.90 Å². The van der Waals surface area contributed by atoms with Crippen LogP contribution in [0.15, 0.2) is 11.6 Å². The fraction of sp³-hybridized carbons (Fsp3) is 0.800. The Morgan fingerprint density at radius 2 is 2.21 bits per heavy atom. The molecule has 0 unspecified atom stereocenters. The van der Waals surface area contributed by atoms with Crippen LogP contribution in [0.1, 0.15) is 40.0 Å². The van der Waals surface area contributed by atoms with Gasteiger partial charge in [0.2, 0.25) is 0 Å². The zero-order valence-corrected chi connectivity index (χ0v) is 11.8. The van der Waals surface area contributed by atoms with Gasteiger partial charge in [-0.3, -0.25) is 4.79 Å². The molecule has 0 amide bonds. The summed E-state index contributed by atoms with van der Waals surface area (Å²) in [6.07, 6.45) is 3.67. The lowest BCUT2D eigenvalue weighted by Crippen LogP contribution is -2.31. The number of hydrogen-bond acceptors (Lipinski definition) is 4. The van der Waals surface area contributed by atoms with Crippen LogP contribution in [0.5, 0.6) is 0 Å². The molecule has 2 fully saturated rings. The van der Waals surface area contributed by atoms with Crippen LogP contribution < -0.4 is 0 Å². The van der Waals surface area contributed by atoms with Crippen LogP contribution in [0.25, 0.3) is 0 Å². The summed E-state index contributed by atoms with van der Waals surface area (Å²) < 4.78 is 11.3. The average molecular weight is 266 g/mol. The van der Waals surface area contributed by atoms with E-state index in [4.69, 9.17) is 9.47 Å². The number of carbonyl (C=O) groups is 1. The Balaban J connectivity index is 1.87. The molecule has 6 atom stereocenters. The molecule has 0 aromatic heterocycles. The highest BCUT2D eigenvalue weighted by Crippen LogP contribution is 2.50. The Hall–Kier alpha value is -0.870. The van der Waals surface area contributed by atoms with Crippen molar-refractivity contribution in [1.82, 2.24) is 0 Å². The Morgan fingerprint density at radius 1 is 1.47 bits per heavy atom. The molecule has 1 aliphatic carbocycles. The van der Waals surface area contributed by atoms with Crippen molar-refractivity contribution in [2.24, 2.45) is 11.8 Å². The normalized spacial score (nSPS) is 52.5. The quantitative estimate of drug-likeness (QED) is 0.413. The van der Waals surface area contributed by atoms with Crippen molar-refractivity contribution >= 4 is 5.97 Å². The maximum absolute atomic E-state index is 11.8. The fourth-order valence-electron chi connectivity index (χ4n) is 3.60. The minimum atomic E-state index is -0.471. The van der Waals surface area contributed by atoms with Crippen molar-refractivity contribution < 1.29 is 19.4 Å². The summed E-state index contributed by atoms with van der Waals surface area (Å²) in [7, 11) is 0. The van der Waals surface area contributed by atoms with Gasteiger partial charge in [0.15, 0.2) is 0 Å². The molecule has 106 valence electrons. The van der Waals surface area contributed by atoms with Gasteiger partial charge < -0.3 is 14.6 Å². The van der Waals surface area contributed by atoms with E-state index in [0.29, 0.717) is 6.42 Å². The first-order chi connectivity index (χ1) is 8.90. The van der Waals surface area contributed by atoms with E-state index < -0.39 is 6.10 Å². The molecule has 0 aromatic carbocycles. The first-order valence-corrected chi connectivity index (χ1v) is 7.14. The Kier molecular flexibility index (Phi) is 2.98. The summed E-state index contributed by atoms with van der Waals surface area (Å²) in [4.78, 5) is 11.8. The molecular weight excluding hydrogens is 244 g/mol. The molecule has 2 saturated heterocycles. The predicted molar refractivity (Wildman–Crippen MR) is 69.4 cm³/mol. The Morgan fingerprint density at radius 3 is 2.95 bits per heavy atom. The smallest absolute Gasteiger partial charge is 0.309 e. The van der Waals surface area contributed by atoms with E-state index in [-0.39, 0.29) is 35.6 Å². The molecule has 0 saturated carbocycles. The van der Waals surface area contributed by atoms with Crippen LogP contribution in [0, 0.1) is 11.8 Å². The highest BCUT2D eigenvalue weighted by molar-refractivity contribution is 5.75. The maximum Gasteiger partial charge on any atom is 0.309 e. The van der Waals surface area contributed by atoms with Gasteiger partial charge >= 0.3 is 5.97 Å². The van der Waals surface area contributed by atoms with E-state index in [1.807, 2.05) is 26.8 Å². The van der Waals surface area contributed by atoms with Crippen LogP contribution in [0.2, 0.25) is 0 Å². The molecule has 2 aliphatic heterocycles. The molecule has 1 N–H and O–H groups in total. The third kappa shape index (κ3) is 2.21. The summed E-state index contributed by atoms with van der Waals surface area (Å²) in [6, 6.07) is 0. The van der Waals surface area contributed by atoms with Gasteiger partial charge in [0.25, 0.3) is 0 Å².